The van der Waals surface area contributed by atoms with Crippen LogP contribution in [0.5, 0.6) is 0 Å². The van der Waals surface area contributed by atoms with Crippen LogP contribution in [-0.4, -0.2) is 21.0 Å². The van der Waals surface area contributed by atoms with Gasteiger partial charge in [0.1, 0.15) is 5.15 Å². The zero-order valence-corrected chi connectivity index (χ0v) is 11.3. The zero-order valence-electron chi connectivity index (χ0n) is 10.5. The standard InChI is InChI=1S/C12H21ClN2O/c1-5-6-8(2)11(16)7-10-9(3)14-15(4)12(10)13/h8,11,16H,5-7H2,1-4H3. The average Bonchev–Trinajstić information content (AvgIpc) is 2.45. The number of aromatic nitrogens is 2. The highest BCUT2D eigenvalue weighted by Gasteiger charge is 2.19. The van der Waals surface area contributed by atoms with Crippen molar-refractivity contribution in [2.75, 3.05) is 0 Å². The number of rotatable bonds is 5. The molecule has 1 heterocycles. The van der Waals surface area contributed by atoms with Gasteiger partial charge in [-0.2, -0.15) is 5.10 Å². The summed E-state index contributed by atoms with van der Waals surface area (Å²) in [4.78, 5) is 0. The molecule has 1 N–H and O–H groups in total. The second-order valence-electron chi connectivity index (χ2n) is 4.52. The van der Waals surface area contributed by atoms with Crippen LogP contribution >= 0.6 is 11.6 Å². The van der Waals surface area contributed by atoms with E-state index in [-0.39, 0.29) is 6.10 Å². The van der Waals surface area contributed by atoms with Crippen molar-refractivity contribution in [3.8, 4) is 0 Å². The summed E-state index contributed by atoms with van der Waals surface area (Å²) in [6, 6.07) is 0. The van der Waals surface area contributed by atoms with Crippen molar-refractivity contribution in [1.82, 2.24) is 9.78 Å². The van der Waals surface area contributed by atoms with E-state index < -0.39 is 0 Å². The fourth-order valence-electron chi connectivity index (χ4n) is 1.96. The highest BCUT2D eigenvalue weighted by atomic mass is 35.5. The first kappa shape index (κ1) is 13.5. The van der Waals surface area contributed by atoms with Crippen molar-refractivity contribution < 1.29 is 5.11 Å². The van der Waals surface area contributed by atoms with Gasteiger partial charge < -0.3 is 5.11 Å². The summed E-state index contributed by atoms with van der Waals surface area (Å²) in [6.07, 6.45) is 2.40. The average molecular weight is 245 g/mol. The quantitative estimate of drug-likeness (QED) is 0.865. The van der Waals surface area contributed by atoms with Gasteiger partial charge in [0.2, 0.25) is 0 Å². The fraction of sp³-hybridized carbons (Fsp3) is 0.750. The van der Waals surface area contributed by atoms with Crippen molar-refractivity contribution in [2.24, 2.45) is 13.0 Å². The van der Waals surface area contributed by atoms with E-state index in [1.165, 1.54) is 0 Å². The molecule has 3 nitrogen and oxygen atoms in total. The van der Waals surface area contributed by atoms with E-state index in [4.69, 9.17) is 11.6 Å². The van der Waals surface area contributed by atoms with Crippen LogP contribution in [-0.2, 0) is 13.5 Å². The summed E-state index contributed by atoms with van der Waals surface area (Å²) >= 11 is 6.13. The van der Waals surface area contributed by atoms with E-state index >= 15 is 0 Å². The third kappa shape index (κ3) is 2.98. The van der Waals surface area contributed by atoms with Gasteiger partial charge in [-0.3, -0.25) is 4.68 Å². The van der Waals surface area contributed by atoms with Gasteiger partial charge in [0.25, 0.3) is 0 Å². The Bertz CT molecular complexity index is 349. The van der Waals surface area contributed by atoms with E-state index in [9.17, 15) is 5.11 Å². The third-order valence-electron chi connectivity index (χ3n) is 3.08. The molecule has 0 saturated carbocycles. The first-order chi connectivity index (χ1) is 7.47. The normalized spacial score (nSPS) is 15.1. The third-order valence-corrected chi connectivity index (χ3v) is 3.56. The Hall–Kier alpha value is -0.540. The lowest BCUT2D eigenvalue weighted by Crippen LogP contribution is -2.20. The number of aliphatic hydroxyl groups excluding tert-OH is 1. The van der Waals surface area contributed by atoms with Crippen molar-refractivity contribution in [3.63, 3.8) is 0 Å². The Kier molecular flexibility index (Phi) is 4.81. The Balaban J connectivity index is 2.72. The molecule has 92 valence electrons. The molecule has 1 aromatic rings. The molecule has 16 heavy (non-hydrogen) atoms. The second kappa shape index (κ2) is 5.69. The van der Waals surface area contributed by atoms with Crippen LogP contribution in [0, 0.1) is 12.8 Å². The number of aliphatic hydroxyl groups is 1. The molecule has 0 amide bonds. The van der Waals surface area contributed by atoms with E-state index in [1.807, 2.05) is 14.0 Å². The van der Waals surface area contributed by atoms with Crippen molar-refractivity contribution >= 4 is 11.6 Å². The highest BCUT2D eigenvalue weighted by molar-refractivity contribution is 6.30. The molecule has 0 fully saturated rings. The lowest BCUT2D eigenvalue weighted by atomic mass is 9.94. The highest BCUT2D eigenvalue weighted by Crippen LogP contribution is 2.23. The molecule has 4 heteroatoms. The predicted molar refractivity (Wildman–Crippen MR) is 66.7 cm³/mol. The topological polar surface area (TPSA) is 38.1 Å². The molecular formula is C12H21ClN2O. The monoisotopic (exact) mass is 244 g/mol. The summed E-state index contributed by atoms with van der Waals surface area (Å²) in [5.41, 5.74) is 1.88. The van der Waals surface area contributed by atoms with Crippen LogP contribution < -0.4 is 0 Å². The zero-order chi connectivity index (χ0) is 12.3. The molecule has 0 aliphatic rings. The molecule has 1 rings (SSSR count). The first-order valence-electron chi connectivity index (χ1n) is 5.83. The summed E-state index contributed by atoms with van der Waals surface area (Å²) in [5, 5.41) is 14.9. The first-order valence-corrected chi connectivity index (χ1v) is 6.21. The van der Waals surface area contributed by atoms with Crippen LogP contribution in [0.1, 0.15) is 37.9 Å². The van der Waals surface area contributed by atoms with Gasteiger partial charge >= 0.3 is 0 Å². The number of hydrogen-bond acceptors (Lipinski definition) is 2. The Labute approximate surface area is 102 Å². The molecule has 2 atom stereocenters. The van der Waals surface area contributed by atoms with E-state index in [2.05, 4.69) is 18.9 Å². The van der Waals surface area contributed by atoms with Gasteiger partial charge in [0, 0.05) is 19.0 Å². The van der Waals surface area contributed by atoms with Crippen LogP contribution in [0.2, 0.25) is 5.15 Å². The largest absolute Gasteiger partial charge is 0.393 e. The molecule has 0 bridgehead atoms. The van der Waals surface area contributed by atoms with Gasteiger partial charge in [-0.05, 0) is 19.3 Å². The summed E-state index contributed by atoms with van der Waals surface area (Å²) in [5.74, 6) is 0.306. The maximum Gasteiger partial charge on any atom is 0.130 e. The van der Waals surface area contributed by atoms with Gasteiger partial charge in [-0.15, -0.1) is 0 Å². The Morgan fingerprint density at radius 3 is 2.56 bits per heavy atom. The van der Waals surface area contributed by atoms with E-state index in [0.29, 0.717) is 17.5 Å². The van der Waals surface area contributed by atoms with Gasteiger partial charge in [-0.1, -0.05) is 31.9 Å². The molecule has 0 saturated heterocycles. The number of nitrogens with zero attached hydrogens (tertiary/aromatic N) is 2. The number of hydrogen-bond donors (Lipinski definition) is 1. The minimum Gasteiger partial charge on any atom is -0.393 e. The SMILES string of the molecule is CCCC(C)C(O)Cc1c(C)nn(C)c1Cl. The van der Waals surface area contributed by atoms with Gasteiger partial charge in [0.15, 0.2) is 0 Å². The van der Waals surface area contributed by atoms with E-state index in [0.717, 1.165) is 24.1 Å². The number of aryl methyl sites for hydroxylation is 2. The van der Waals surface area contributed by atoms with Crippen LogP contribution in [0.25, 0.3) is 0 Å². The summed E-state index contributed by atoms with van der Waals surface area (Å²) < 4.78 is 1.66. The molecule has 0 radical (unpaired) electrons. The summed E-state index contributed by atoms with van der Waals surface area (Å²) in [7, 11) is 1.82. The second-order valence-corrected chi connectivity index (χ2v) is 4.87. The van der Waals surface area contributed by atoms with Crippen molar-refractivity contribution in [1.29, 1.82) is 0 Å². The minimum atomic E-state index is -0.333. The molecule has 0 spiro atoms. The fourth-order valence-corrected chi connectivity index (χ4v) is 2.22. The lowest BCUT2D eigenvalue weighted by Gasteiger charge is -2.17. The Morgan fingerprint density at radius 2 is 2.12 bits per heavy atom. The summed E-state index contributed by atoms with van der Waals surface area (Å²) in [6.45, 7) is 6.14. The molecular weight excluding hydrogens is 224 g/mol. The maximum atomic E-state index is 10.1. The van der Waals surface area contributed by atoms with Crippen molar-refractivity contribution in [3.05, 3.63) is 16.4 Å². The number of halogens is 1. The van der Waals surface area contributed by atoms with Crippen LogP contribution in [0.15, 0.2) is 0 Å². The Morgan fingerprint density at radius 1 is 1.50 bits per heavy atom. The van der Waals surface area contributed by atoms with Crippen LogP contribution in [0.3, 0.4) is 0 Å². The van der Waals surface area contributed by atoms with Crippen molar-refractivity contribution in [2.45, 2.75) is 46.1 Å². The lowest BCUT2D eigenvalue weighted by molar-refractivity contribution is 0.111. The maximum absolute atomic E-state index is 10.1. The van der Waals surface area contributed by atoms with E-state index in [1.54, 1.807) is 4.68 Å². The molecule has 0 aromatic carbocycles. The predicted octanol–water partition coefficient (Wildman–Crippen LogP) is 2.72. The molecule has 0 aliphatic carbocycles. The van der Waals surface area contributed by atoms with Gasteiger partial charge in [0.05, 0.1) is 11.8 Å². The molecule has 1 aromatic heterocycles. The molecule has 0 aliphatic heterocycles. The van der Waals surface area contributed by atoms with Crippen LogP contribution in [0.4, 0.5) is 0 Å². The van der Waals surface area contributed by atoms with Gasteiger partial charge in [-0.25, -0.2) is 0 Å². The molecule has 2 unspecified atom stereocenters. The smallest absolute Gasteiger partial charge is 0.130 e. The minimum absolute atomic E-state index is 0.306.